The summed E-state index contributed by atoms with van der Waals surface area (Å²) in [6.07, 6.45) is 22.6. The summed E-state index contributed by atoms with van der Waals surface area (Å²) in [6.45, 7) is 10.3. The molecule has 0 amide bonds. The van der Waals surface area contributed by atoms with Gasteiger partial charge in [-0.05, 0) is 42.5 Å². The van der Waals surface area contributed by atoms with E-state index in [2.05, 4.69) is 100 Å². The largest absolute Gasteiger partial charge is 0.0985 e. The molecule has 0 heteroatoms. The number of benzene rings is 1. The number of hydrogen-bond donors (Lipinski definition) is 0. The van der Waals surface area contributed by atoms with Crippen LogP contribution >= 0.6 is 0 Å². The normalized spacial score (nSPS) is 16.7. The first-order valence-electron chi connectivity index (χ1n) is 8.28. The van der Waals surface area contributed by atoms with Gasteiger partial charge in [0.15, 0.2) is 0 Å². The number of aryl methyl sites for hydroxylation is 1. The zero-order valence-electron chi connectivity index (χ0n) is 14.4. The van der Waals surface area contributed by atoms with Crippen LogP contribution in [0.1, 0.15) is 37.0 Å². The van der Waals surface area contributed by atoms with Crippen molar-refractivity contribution < 1.29 is 0 Å². The second-order valence-corrected chi connectivity index (χ2v) is 5.82. The van der Waals surface area contributed by atoms with Gasteiger partial charge in [-0.25, -0.2) is 0 Å². The van der Waals surface area contributed by atoms with E-state index >= 15 is 0 Å². The highest BCUT2D eigenvalue weighted by atomic mass is 14.3. The Kier molecular flexibility index (Phi) is 5.76. The van der Waals surface area contributed by atoms with Gasteiger partial charge in [-0.3, -0.25) is 0 Å². The Hall–Kier alpha value is -2.34. The number of hydrogen-bond acceptors (Lipinski definition) is 0. The smallest absolute Gasteiger partial charge is 0.0568 e. The molecule has 1 aromatic carbocycles. The fourth-order valence-electron chi connectivity index (χ4n) is 3.18. The van der Waals surface area contributed by atoms with E-state index in [4.69, 9.17) is 0 Å². The van der Waals surface area contributed by atoms with Gasteiger partial charge in [0.05, 0.1) is 5.41 Å². The van der Waals surface area contributed by atoms with E-state index in [0.717, 1.165) is 12.0 Å². The summed E-state index contributed by atoms with van der Waals surface area (Å²) in [5.74, 6) is 0. The third-order valence-electron chi connectivity index (χ3n) is 4.23. The van der Waals surface area contributed by atoms with E-state index in [-0.39, 0.29) is 5.41 Å². The molecule has 118 valence electrons. The Morgan fingerprint density at radius 2 is 1.83 bits per heavy atom. The van der Waals surface area contributed by atoms with Gasteiger partial charge in [0.25, 0.3) is 0 Å². The zero-order valence-corrected chi connectivity index (χ0v) is 14.4. The summed E-state index contributed by atoms with van der Waals surface area (Å²) in [4.78, 5) is 0. The van der Waals surface area contributed by atoms with Gasteiger partial charge in [-0.15, -0.1) is 0 Å². The summed E-state index contributed by atoms with van der Waals surface area (Å²) in [6, 6.07) is 6.60. The van der Waals surface area contributed by atoms with Crippen molar-refractivity contribution in [3.63, 3.8) is 0 Å². The molecule has 0 spiro atoms. The lowest BCUT2D eigenvalue weighted by Crippen LogP contribution is -2.24. The average molecular weight is 302 g/mol. The van der Waals surface area contributed by atoms with E-state index in [1.807, 2.05) is 6.08 Å². The van der Waals surface area contributed by atoms with Crippen molar-refractivity contribution in [1.82, 2.24) is 0 Å². The molecule has 0 saturated heterocycles. The molecule has 0 fully saturated rings. The SMILES string of the molecule is C=Cc1ccc(C2(C(/C=C/C)=C/CC)C=CC=CC=C2)c(C)c1. The Morgan fingerprint density at radius 1 is 1.13 bits per heavy atom. The Balaban J connectivity index is 2.73. The monoisotopic (exact) mass is 302 g/mol. The standard InChI is InChI=1S/C23H26/c1-5-12-21(13-6-2)23(16-10-8-9-11-17-23)22-15-14-20(7-3)18-19(22)4/h5,7-18H,3,6H2,1-2,4H3/b12-5+,21-13+. The van der Waals surface area contributed by atoms with Crippen molar-refractivity contribution in [3.8, 4) is 0 Å². The molecule has 0 nitrogen and oxygen atoms in total. The van der Waals surface area contributed by atoms with E-state index in [1.54, 1.807) is 0 Å². The third kappa shape index (κ3) is 3.53. The van der Waals surface area contributed by atoms with Crippen LogP contribution in [0, 0.1) is 6.92 Å². The van der Waals surface area contributed by atoms with Crippen LogP contribution in [-0.4, -0.2) is 0 Å². The summed E-state index contributed by atoms with van der Waals surface area (Å²) >= 11 is 0. The molecule has 0 radical (unpaired) electrons. The minimum Gasteiger partial charge on any atom is -0.0985 e. The predicted octanol–water partition coefficient (Wildman–Crippen LogP) is 6.47. The summed E-state index contributed by atoms with van der Waals surface area (Å²) in [5, 5.41) is 0. The van der Waals surface area contributed by atoms with Crippen LogP contribution in [0.4, 0.5) is 0 Å². The van der Waals surface area contributed by atoms with Crippen LogP contribution in [0.15, 0.2) is 85.0 Å². The topological polar surface area (TPSA) is 0 Å². The highest BCUT2D eigenvalue weighted by Gasteiger charge is 2.31. The molecule has 1 aliphatic carbocycles. The van der Waals surface area contributed by atoms with Gasteiger partial charge in [0.1, 0.15) is 0 Å². The second kappa shape index (κ2) is 7.78. The van der Waals surface area contributed by atoms with Crippen LogP contribution in [-0.2, 0) is 5.41 Å². The third-order valence-corrected chi connectivity index (χ3v) is 4.23. The maximum absolute atomic E-state index is 3.88. The van der Waals surface area contributed by atoms with Crippen LogP contribution in [0.3, 0.4) is 0 Å². The fourth-order valence-corrected chi connectivity index (χ4v) is 3.18. The molecule has 1 aliphatic rings. The van der Waals surface area contributed by atoms with Crippen molar-refractivity contribution in [2.75, 3.05) is 0 Å². The quantitative estimate of drug-likeness (QED) is 0.547. The lowest BCUT2D eigenvalue weighted by Gasteiger charge is -2.31. The van der Waals surface area contributed by atoms with Gasteiger partial charge in [-0.2, -0.15) is 0 Å². The van der Waals surface area contributed by atoms with Crippen LogP contribution in [0.2, 0.25) is 0 Å². The Labute approximate surface area is 140 Å². The number of rotatable bonds is 5. The first kappa shape index (κ1) is 17.0. The summed E-state index contributed by atoms with van der Waals surface area (Å²) in [7, 11) is 0. The second-order valence-electron chi connectivity index (χ2n) is 5.82. The van der Waals surface area contributed by atoms with E-state index in [1.165, 1.54) is 16.7 Å². The van der Waals surface area contributed by atoms with Crippen molar-refractivity contribution in [2.24, 2.45) is 0 Å². The molecule has 0 atom stereocenters. The van der Waals surface area contributed by atoms with Crippen molar-refractivity contribution >= 4 is 6.08 Å². The predicted molar refractivity (Wildman–Crippen MR) is 104 cm³/mol. The fraction of sp³-hybridized carbons (Fsp3) is 0.217. The van der Waals surface area contributed by atoms with Gasteiger partial charge in [-0.1, -0.05) is 92.5 Å². The number of allylic oxidation sites excluding steroid dienone is 10. The first-order chi connectivity index (χ1) is 11.2. The maximum atomic E-state index is 3.88. The molecule has 1 aromatic rings. The van der Waals surface area contributed by atoms with Crippen LogP contribution in [0.25, 0.3) is 6.08 Å². The summed E-state index contributed by atoms with van der Waals surface area (Å²) in [5.41, 5.74) is 4.85. The lowest BCUT2D eigenvalue weighted by atomic mass is 9.71. The Bertz CT molecular complexity index is 690. The van der Waals surface area contributed by atoms with Crippen LogP contribution < -0.4 is 0 Å². The molecule has 0 N–H and O–H groups in total. The molecule has 0 aromatic heterocycles. The highest BCUT2D eigenvalue weighted by Crippen LogP contribution is 2.39. The van der Waals surface area contributed by atoms with Gasteiger partial charge in [0, 0.05) is 0 Å². The molecule has 0 unspecified atom stereocenters. The van der Waals surface area contributed by atoms with Crippen molar-refractivity contribution in [3.05, 3.63) is 102 Å². The van der Waals surface area contributed by atoms with Gasteiger partial charge in [0.2, 0.25) is 0 Å². The van der Waals surface area contributed by atoms with Gasteiger partial charge >= 0.3 is 0 Å². The first-order valence-corrected chi connectivity index (χ1v) is 8.28. The summed E-state index contributed by atoms with van der Waals surface area (Å²) < 4.78 is 0. The average Bonchev–Trinajstić information content (AvgIpc) is 2.81. The van der Waals surface area contributed by atoms with E-state index in [9.17, 15) is 0 Å². The molecule has 23 heavy (non-hydrogen) atoms. The molecular weight excluding hydrogens is 276 g/mol. The van der Waals surface area contributed by atoms with Gasteiger partial charge < -0.3 is 0 Å². The van der Waals surface area contributed by atoms with E-state index in [0.29, 0.717) is 0 Å². The minimum absolute atomic E-state index is 0.226. The molecule has 0 saturated carbocycles. The van der Waals surface area contributed by atoms with Crippen molar-refractivity contribution in [2.45, 2.75) is 32.6 Å². The zero-order chi connectivity index (χ0) is 16.7. The van der Waals surface area contributed by atoms with Crippen LogP contribution in [0.5, 0.6) is 0 Å². The molecule has 0 heterocycles. The molecule has 2 rings (SSSR count). The highest BCUT2D eigenvalue weighted by molar-refractivity contribution is 5.59. The molecule has 0 bridgehead atoms. The molecular formula is C23H26. The maximum Gasteiger partial charge on any atom is 0.0568 e. The Morgan fingerprint density at radius 3 is 2.35 bits per heavy atom. The lowest BCUT2D eigenvalue weighted by molar-refractivity contribution is 0.799. The van der Waals surface area contributed by atoms with E-state index < -0.39 is 0 Å². The minimum atomic E-state index is -0.226. The van der Waals surface area contributed by atoms with Crippen molar-refractivity contribution in [1.29, 1.82) is 0 Å². The molecule has 0 aliphatic heterocycles.